The van der Waals surface area contributed by atoms with Crippen LogP contribution >= 0.6 is 15.6 Å². The van der Waals surface area contributed by atoms with Crippen LogP contribution < -0.4 is 0 Å². The molecule has 2 unspecified atom stereocenters. The smallest absolute Gasteiger partial charge is 0.394 e. The van der Waals surface area contributed by atoms with Gasteiger partial charge in [0.25, 0.3) is 0 Å². The average Bonchev–Trinajstić information content (AvgIpc) is 2.27. The number of phosphoric acid groups is 2. The van der Waals surface area contributed by atoms with E-state index in [1.165, 1.54) is 0 Å². The van der Waals surface area contributed by atoms with Gasteiger partial charge < -0.3 is 14.9 Å². The summed E-state index contributed by atoms with van der Waals surface area (Å²) in [6.45, 7) is 1.30. The molecule has 106 valence electrons. The number of phosphoric ester groups is 2. The van der Waals surface area contributed by atoms with Crippen molar-refractivity contribution in [1.82, 2.24) is 0 Å². The Balaban J connectivity index is 0. The molecule has 17 heavy (non-hydrogen) atoms. The van der Waals surface area contributed by atoms with Gasteiger partial charge in [-0.1, -0.05) is 0 Å². The molecule has 0 spiro atoms. The fourth-order valence-corrected chi connectivity index (χ4v) is 1.27. The van der Waals surface area contributed by atoms with Crippen molar-refractivity contribution in [3.8, 4) is 0 Å². The maximum absolute atomic E-state index is 10.3. The van der Waals surface area contributed by atoms with E-state index in [4.69, 9.17) is 14.9 Å². The lowest BCUT2D eigenvalue weighted by Gasteiger charge is -2.06. The van der Waals surface area contributed by atoms with Crippen molar-refractivity contribution < 1.29 is 42.1 Å². The van der Waals surface area contributed by atoms with E-state index in [1.807, 2.05) is 0 Å². The average molecular weight is 296 g/mol. The molecule has 0 saturated carbocycles. The summed E-state index contributed by atoms with van der Waals surface area (Å²) in [7, 11) is -5.35. The number of aliphatic hydroxyl groups is 1. The Morgan fingerprint density at radius 2 is 1.41 bits per heavy atom. The molecule has 0 fully saturated rings. The first-order valence-corrected chi connectivity index (χ1v) is 7.40. The van der Waals surface area contributed by atoms with Crippen molar-refractivity contribution in [2.75, 3.05) is 34.0 Å². The van der Waals surface area contributed by atoms with Crippen LogP contribution in [0.25, 0.3) is 0 Å². The minimum atomic E-state index is -3.85. The zero-order chi connectivity index (χ0) is 13.9. The van der Waals surface area contributed by atoms with E-state index in [9.17, 15) is 9.13 Å². The molecular weight excluding hydrogens is 278 g/mol. The van der Waals surface area contributed by atoms with Crippen LogP contribution in [0.2, 0.25) is 0 Å². The topological polar surface area (TPSA) is 132 Å². The molecule has 2 atom stereocenters. The van der Waals surface area contributed by atoms with Crippen LogP contribution in [0.5, 0.6) is 0 Å². The monoisotopic (exact) mass is 296 g/mol. The highest BCUT2D eigenvalue weighted by atomic mass is 31.2. The number of hydrogen-bond acceptors (Lipinski definition) is 7. The largest absolute Gasteiger partial charge is 0.471 e. The molecule has 0 aliphatic rings. The molecule has 0 amide bonds. The van der Waals surface area contributed by atoms with Crippen LogP contribution in [0.3, 0.4) is 0 Å². The van der Waals surface area contributed by atoms with Crippen LogP contribution in [0, 0.1) is 0 Å². The molecule has 0 bridgehead atoms. The number of aliphatic hydroxyl groups excluding tert-OH is 1. The first kappa shape index (κ1) is 19.5. The summed E-state index contributed by atoms with van der Waals surface area (Å²) in [6, 6.07) is 0. The fourth-order valence-electron chi connectivity index (χ4n) is 0.425. The standard InChI is InChI=1S/C3H9O5P.C3H9O4P/c1-7-9(5,6)8-3-2-4;1-3-7-8(4,5)6-2/h4H,2-3H2,1H3,(H,5,6);3H2,1-2H3,(H,4,5). The van der Waals surface area contributed by atoms with Crippen LogP contribution in [0.15, 0.2) is 0 Å². The van der Waals surface area contributed by atoms with Crippen molar-refractivity contribution in [3.63, 3.8) is 0 Å². The number of rotatable bonds is 7. The predicted octanol–water partition coefficient (Wildman–Crippen LogP) is 0.512. The van der Waals surface area contributed by atoms with Gasteiger partial charge in [-0.05, 0) is 6.92 Å². The number of hydrogen-bond donors (Lipinski definition) is 3. The zero-order valence-corrected chi connectivity index (χ0v) is 11.6. The summed E-state index contributed by atoms with van der Waals surface area (Å²) in [5, 5.41) is 8.11. The highest BCUT2D eigenvalue weighted by Gasteiger charge is 2.16. The lowest BCUT2D eigenvalue weighted by Crippen LogP contribution is -1.97. The van der Waals surface area contributed by atoms with Crippen LogP contribution in [-0.4, -0.2) is 48.9 Å². The third-order valence-corrected chi connectivity index (χ3v) is 3.12. The Morgan fingerprint density at radius 3 is 1.65 bits per heavy atom. The van der Waals surface area contributed by atoms with E-state index in [1.54, 1.807) is 6.92 Å². The van der Waals surface area contributed by atoms with Gasteiger partial charge in [0.05, 0.1) is 19.8 Å². The van der Waals surface area contributed by atoms with E-state index in [0.717, 1.165) is 14.2 Å². The van der Waals surface area contributed by atoms with Gasteiger partial charge >= 0.3 is 15.6 Å². The van der Waals surface area contributed by atoms with Gasteiger partial charge in [0, 0.05) is 14.2 Å². The highest BCUT2D eigenvalue weighted by molar-refractivity contribution is 7.47. The Morgan fingerprint density at radius 1 is 1.00 bits per heavy atom. The van der Waals surface area contributed by atoms with Gasteiger partial charge in [-0.15, -0.1) is 0 Å². The SMILES string of the molecule is CCOP(=O)(O)OC.COP(=O)(O)OCCO. The van der Waals surface area contributed by atoms with Crippen molar-refractivity contribution in [2.24, 2.45) is 0 Å². The molecule has 0 rings (SSSR count). The normalized spacial score (nSPS) is 17.5. The van der Waals surface area contributed by atoms with Gasteiger partial charge in [0.1, 0.15) is 0 Å². The molecule has 0 heterocycles. The molecule has 3 N–H and O–H groups in total. The summed E-state index contributed by atoms with van der Waals surface area (Å²) in [4.78, 5) is 16.9. The highest BCUT2D eigenvalue weighted by Crippen LogP contribution is 2.41. The summed E-state index contributed by atoms with van der Waals surface area (Å²) < 4.78 is 37.2. The molecule has 9 nitrogen and oxygen atoms in total. The second-order valence-corrected chi connectivity index (χ2v) is 5.40. The maximum atomic E-state index is 10.3. The first-order valence-electron chi connectivity index (χ1n) is 4.41. The van der Waals surface area contributed by atoms with Crippen LogP contribution in [-0.2, 0) is 27.2 Å². The lowest BCUT2D eigenvalue weighted by atomic mass is 10.8. The minimum Gasteiger partial charge on any atom is -0.394 e. The van der Waals surface area contributed by atoms with E-state index in [2.05, 4.69) is 18.1 Å². The van der Waals surface area contributed by atoms with Crippen molar-refractivity contribution in [1.29, 1.82) is 0 Å². The molecule has 0 aliphatic carbocycles. The molecular formula is C6H18O9P2. The fraction of sp³-hybridized carbons (Fsp3) is 1.00. The molecule has 0 aromatic rings. The van der Waals surface area contributed by atoms with Gasteiger partial charge in [-0.2, -0.15) is 0 Å². The Labute approximate surface area is 99.5 Å². The van der Waals surface area contributed by atoms with E-state index < -0.39 is 15.6 Å². The Kier molecular flexibility index (Phi) is 11.6. The third-order valence-electron chi connectivity index (χ3n) is 1.10. The summed E-state index contributed by atoms with van der Waals surface area (Å²) in [5.74, 6) is 0. The molecule has 0 aromatic heterocycles. The van der Waals surface area contributed by atoms with Crippen molar-refractivity contribution >= 4 is 15.6 Å². The quantitative estimate of drug-likeness (QED) is 0.575. The minimum absolute atomic E-state index is 0.182. The van der Waals surface area contributed by atoms with Crippen molar-refractivity contribution in [3.05, 3.63) is 0 Å². The van der Waals surface area contributed by atoms with Gasteiger partial charge in [-0.25, -0.2) is 9.13 Å². The summed E-state index contributed by atoms with van der Waals surface area (Å²) >= 11 is 0. The maximum Gasteiger partial charge on any atom is 0.471 e. The molecule has 11 heteroatoms. The van der Waals surface area contributed by atoms with Crippen molar-refractivity contribution in [2.45, 2.75) is 6.92 Å². The molecule has 0 aromatic carbocycles. The van der Waals surface area contributed by atoms with Gasteiger partial charge in [0.2, 0.25) is 0 Å². The summed E-state index contributed by atoms with van der Waals surface area (Å²) in [5.41, 5.74) is 0. The third kappa shape index (κ3) is 14.1. The second-order valence-electron chi connectivity index (χ2n) is 2.28. The van der Waals surface area contributed by atoms with E-state index in [-0.39, 0.29) is 19.8 Å². The Hall–Kier alpha value is 0.180. The van der Waals surface area contributed by atoms with E-state index >= 15 is 0 Å². The Bertz CT molecular complexity index is 268. The second kappa shape index (κ2) is 10.1. The molecule has 0 saturated heterocycles. The van der Waals surface area contributed by atoms with Gasteiger partial charge in [0.15, 0.2) is 0 Å². The van der Waals surface area contributed by atoms with Crippen LogP contribution in [0.1, 0.15) is 6.92 Å². The van der Waals surface area contributed by atoms with Gasteiger partial charge in [-0.3, -0.25) is 18.1 Å². The molecule has 0 aliphatic heterocycles. The molecule has 0 radical (unpaired) electrons. The first-order chi connectivity index (χ1) is 7.74. The summed E-state index contributed by atoms with van der Waals surface area (Å²) in [6.07, 6.45) is 0. The lowest BCUT2D eigenvalue weighted by molar-refractivity contribution is 0.138. The van der Waals surface area contributed by atoms with E-state index in [0.29, 0.717) is 0 Å². The zero-order valence-electron chi connectivity index (χ0n) is 9.81. The predicted molar refractivity (Wildman–Crippen MR) is 58.3 cm³/mol. The van der Waals surface area contributed by atoms with Crippen LogP contribution in [0.4, 0.5) is 0 Å².